The Bertz CT molecular complexity index is 143. The highest BCUT2D eigenvalue weighted by molar-refractivity contribution is 5.86. The van der Waals surface area contributed by atoms with Crippen molar-refractivity contribution in [1.29, 1.82) is 5.41 Å². The van der Waals surface area contributed by atoms with Gasteiger partial charge in [0, 0.05) is 18.8 Å². The van der Waals surface area contributed by atoms with Crippen molar-refractivity contribution in [2.45, 2.75) is 26.7 Å². The van der Waals surface area contributed by atoms with Crippen LogP contribution in [0.25, 0.3) is 0 Å². The third kappa shape index (κ3) is 3.22. The van der Waals surface area contributed by atoms with Gasteiger partial charge in [-0.1, -0.05) is 13.8 Å². The average molecular weight is 142 g/mol. The molecule has 0 aromatic rings. The first kappa shape index (κ1) is 9.14. The number of ketones is 1. The number of carbonyl (C=O) groups excluding carboxylic acids is 1. The Morgan fingerprint density at radius 2 is 2.20 bits per heavy atom. The van der Waals surface area contributed by atoms with E-state index in [4.69, 9.17) is 11.1 Å². The molecule has 0 aliphatic rings. The maximum Gasteiger partial charge on any atom is 0.135 e. The lowest BCUT2D eigenvalue weighted by molar-refractivity contribution is -0.121. The molecule has 0 amide bonds. The van der Waals surface area contributed by atoms with E-state index in [0.29, 0.717) is 12.8 Å². The zero-order chi connectivity index (χ0) is 8.15. The van der Waals surface area contributed by atoms with Crippen LogP contribution in [0.15, 0.2) is 0 Å². The number of rotatable bonds is 4. The Morgan fingerprint density at radius 3 is 2.50 bits per heavy atom. The van der Waals surface area contributed by atoms with Gasteiger partial charge in [0.1, 0.15) is 5.78 Å². The molecule has 0 rings (SSSR count). The van der Waals surface area contributed by atoms with Gasteiger partial charge in [0.05, 0.1) is 5.84 Å². The van der Waals surface area contributed by atoms with Crippen LogP contribution in [0.4, 0.5) is 0 Å². The molecular weight excluding hydrogens is 128 g/mol. The van der Waals surface area contributed by atoms with Crippen molar-refractivity contribution in [3.63, 3.8) is 0 Å². The minimum Gasteiger partial charge on any atom is -0.388 e. The molecule has 3 nitrogen and oxygen atoms in total. The number of hydrogen-bond acceptors (Lipinski definition) is 2. The lowest BCUT2D eigenvalue weighted by atomic mass is 10.0. The van der Waals surface area contributed by atoms with Gasteiger partial charge in [-0.2, -0.15) is 0 Å². The predicted molar refractivity (Wildman–Crippen MR) is 41.0 cm³/mol. The third-order valence-corrected chi connectivity index (χ3v) is 1.42. The Morgan fingerprint density at radius 1 is 1.70 bits per heavy atom. The summed E-state index contributed by atoms with van der Waals surface area (Å²) in [5.41, 5.74) is 5.12. The van der Waals surface area contributed by atoms with Crippen molar-refractivity contribution in [3.8, 4) is 0 Å². The van der Waals surface area contributed by atoms with Gasteiger partial charge in [-0.05, 0) is 0 Å². The van der Waals surface area contributed by atoms with E-state index in [2.05, 4.69) is 0 Å². The fourth-order valence-corrected chi connectivity index (χ4v) is 0.792. The summed E-state index contributed by atoms with van der Waals surface area (Å²) in [5, 5.41) is 6.92. The normalized spacial score (nSPS) is 12.6. The molecule has 3 N–H and O–H groups in total. The van der Waals surface area contributed by atoms with Crippen LogP contribution in [0.1, 0.15) is 26.7 Å². The Kier molecular flexibility index (Phi) is 3.69. The Balaban J connectivity index is 3.72. The van der Waals surface area contributed by atoms with E-state index in [1.54, 1.807) is 6.92 Å². The van der Waals surface area contributed by atoms with Gasteiger partial charge < -0.3 is 5.73 Å². The number of carbonyl (C=O) groups is 1. The van der Waals surface area contributed by atoms with Gasteiger partial charge in [-0.25, -0.2) is 0 Å². The first-order chi connectivity index (χ1) is 4.57. The SMILES string of the molecule is CCC(=O)C(C)CC(=N)N. The first-order valence-corrected chi connectivity index (χ1v) is 3.43. The van der Waals surface area contributed by atoms with Crippen molar-refractivity contribution in [3.05, 3.63) is 0 Å². The van der Waals surface area contributed by atoms with Crippen molar-refractivity contribution in [2.75, 3.05) is 0 Å². The molecular formula is C7H14N2O. The minimum atomic E-state index is -0.0810. The van der Waals surface area contributed by atoms with Gasteiger partial charge in [-0.15, -0.1) is 0 Å². The maximum absolute atomic E-state index is 10.9. The highest BCUT2D eigenvalue weighted by Gasteiger charge is 2.10. The molecule has 0 fully saturated rings. The average Bonchev–Trinajstić information content (AvgIpc) is 1.85. The van der Waals surface area contributed by atoms with Crippen molar-refractivity contribution in [2.24, 2.45) is 11.7 Å². The molecule has 0 aliphatic heterocycles. The summed E-state index contributed by atoms with van der Waals surface area (Å²) < 4.78 is 0. The van der Waals surface area contributed by atoms with Gasteiger partial charge in [0.2, 0.25) is 0 Å². The highest BCUT2D eigenvalue weighted by Crippen LogP contribution is 2.04. The van der Waals surface area contributed by atoms with Gasteiger partial charge in [-0.3, -0.25) is 10.2 Å². The first-order valence-electron chi connectivity index (χ1n) is 3.43. The molecule has 0 radical (unpaired) electrons. The lowest BCUT2D eigenvalue weighted by Gasteiger charge is -2.05. The molecule has 0 spiro atoms. The number of nitrogens with one attached hydrogen (secondary N) is 1. The fourth-order valence-electron chi connectivity index (χ4n) is 0.792. The zero-order valence-corrected chi connectivity index (χ0v) is 6.48. The molecule has 3 heteroatoms. The van der Waals surface area contributed by atoms with Crippen molar-refractivity contribution in [1.82, 2.24) is 0 Å². The second-order valence-corrected chi connectivity index (χ2v) is 2.45. The van der Waals surface area contributed by atoms with Crippen LogP contribution >= 0.6 is 0 Å². The smallest absolute Gasteiger partial charge is 0.135 e. The van der Waals surface area contributed by atoms with Crippen LogP contribution in [0.2, 0.25) is 0 Å². The van der Waals surface area contributed by atoms with Crippen LogP contribution in [0, 0.1) is 11.3 Å². The van der Waals surface area contributed by atoms with Gasteiger partial charge in [0.15, 0.2) is 0 Å². The highest BCUT2D eigenvalue weighted by atomic mass is 16.1. The molecule has 0 aromatic carbocycles. The minimum absolute atomic E-state index is 0.0810. The predicted octanol–water partition coefficient (Wildman–Crippen LogP) is 0.928. The molecule has 0 aromatic heterocycles. The third-order valence-electron chi connectivity index (χ3n) is 1.42. The van der Waals surface area contributed by atoms with Gasteiger partial charge >= 0.3 is 0 Å². The van der Waals surface area contributed by atoms with Crippen molar-refractivity contribution >= 4 is 11.6 Å². The number of nitrogens with two attached hydrogens (primary N) is 1. The van der Waals surface area contributed by atoms with Crippen LogP contribution in [-0.2, 0) is 4.79 Å². The van der Waals surface area contributed by atoms with E-state index in [9.17, 15) is 4.79 Å². The summed E-state index contributed by atoms with van der Waals surface area (Å²) in [4.78, 5) is 10.9. The monoisotopic (exact) mass is 142 g/mol. The van der Waals surface area contributed by atoms with Crippen LogP contribution in [0.3, 0.4) is 0 Å². The largest absolute Gasteiger partial charge is 0.388 e. The van der Waals surface area contributed by atoms with Crippen LogP contribution in [-0.4, -0.2) is 11.6 Å². The van der Waals surface area contributed by atoms with E-state index in [-0.39, 0.29) is 17.5 Å². The second-order valence-electron chi connectivity index (χ2n) is 2.45. The molecule has 1 atom stereocenters. The van der Waals surface area contributed by atoms with E-state index < -0.39 is 0 Å². The molecule has 0 saturated carbocycles. The van der Waals surface area contributed by atoms with E-state index in [1.165, 1.54) is 0 Å². The standard InChI is InChI=1S/C7H14N2O/c1-3-6(10)5(2)4-7(8)9/h5H,3-4H2,1-2H3,(H3,8,9). The molecule has 0 aliphatic carbocycles. The summed E-state index contributed by atoms with van der Waals surface area (Å²) in [7, 11) is 0. The topological polar surface area (TPSA) is 66.9 Å². The molecule has 58 valence electrons. The summed E-state index contributed by atoms with van der Waals surface area (Å²) >= 11 is 0. The molecule has 1 unspecified atom stereocenters. The van der Waals surface area contributed by atoms with E-state index >= 15 is 0 Å². The molecule has 0 saturated heterocycles. The Labute approximate surface area is 61.1 Å². The molecule has 10 heavy (non-hydrogen) atoms. The fraction of sp³-hybridized carbons (Fsp3) is 0.714. The van der Waals surface area contributed by atoms with Crippen LogP contribution in [0.5, 0.6) is 0 Å². The quantitative estimate of drug-likeness (QED) is 0.453. The Hall–Kier alpha value is -0.860. The zero-order valence-electron chi connectivity index (χ0n) is 6.48. The van der Waals surface area contributed by atoms with Crippen LogP contribution < -0.4 is 5.73 Å². The summed E-state index contributed by atoms with van der Waals surface area (Å²) in [5.74, 6) is 0.187. The number of Topliss-reactive ketones (excluding diaryl/α,β-unsaturated/α-hetero) is 1. The lowest BCUT2D eigenvalue weighted by Crippen LogP contribution is -2.19. The summed E-state index contributed by atoms with van der Waals surface area (Å²) in [6.07, 6.45) is 0.932. The summed E-state index contributed by atoms with van der Waals surface area (Å²) in [6.45, 7) is 3.62. The second kappa shape index (κ2) is 4.04. The van der Waals surface area contributed by atoms with Crippen molar-refractivity contribution < 1.29 is 4.79 Å². The van der Waals surface area contributed by atoms with E-state index in [1.807, 2.05) is 6.92 Å². The van der Waals surface area contributed by atoms with E-state index in [0.717, 1.165) is 0 Å². The number of hydrogen-bond donors (Lipinski definition) is 2. The summed E-state index contributed by atoms with van der Waals surface area (Å²) in [6, 6.07) is 0. The molecule has 0 heterocycles. The van der Waals surface area contributed by atoms with Gasteiger partial charge in [0.25, 0.3) is 0 Å². The molecule has 0 bridgehead atoms. The number of amidine groups is 1. The maximum atomic E-state index is 10.9.